The Kier molecular flexibility index (Phi) is 3.32. The number of amides is 1. The molecule has 0 atom stereocenters. The monoisotopic (exact) mass is 252 g/mol. The second-order valence-corrected chi connectivity index (χ2v) is 6.59. The van der Waals surface area contributed by atoms with E-state index >= 15 is 0 Å². The van der Waals surface area contributed by atoms with Crippen LogP contribution >= 0.6 is 0 Å². The van der Waals surface area contributed by atoms with Gasteiger partial charge in [0, 0.05) is 12.1 Å². The zero-order chi connectivity index (χ0) is 12.6. The summed E-state index contributed by atoms with van der Waals surface area (Å²) in [6, 6.07) is 0. The Morgan fingerprint density at radius 1 is 1.17 bits per heavy atom. The van der Waals surface area contributed by atoms with Gasteiger partial charge in [-0.25, -0.2) is 0 Å². The van der Waals surface area contributed by atoms with E-state index in [0.717, 1.165) is 17.8 Å². The van der Waals surface area contributed by atoms with E-state index in [9.17, 15) is 4.79 Å². The summed E-state index contributed by atoms with van der Waals surface area (Å²) < 4.78 is 5.22. The molecule has 0 spiro atoms. The fourth-order valence-corrected chi connectivity index (χ4v) is 4.84. The predicted octanol–water partition coefficient (Wildman–Crippen LogP) is 1.05. The molecule has 4 heteroatoms. The predicted molar refractivity (Wildman–Crippen MR) is 68.9 cm³/mol. The summed E-state index contributed by atoms with van der Waals surface area (Å²) in [5.74, 6) is 2.63. The molecule has 0 heterocycles. The molecule has 18 heavy (non-hydrogen) atoms. The topological polar surface area (TPSA) is 64.3 Å². The molecule has 3 N–H and O–H groups in total. The van der Waals surface area contributed by atoms with Crippen LogP contribution < -0.4 is 11.1 Å². The number of carbonyl (C=O) groups excluding carboxylic acids is 1. The molecule has 4 nitrogen and oxygen atoms in total. The third-order valence-electron chi connectivity index (χ3n) is 4.94. The first-order valence-corrected chi connectivity index (χ1v) is 7.28. The standard InChI is InChI=1S/C14H24N2O2/c15-1-2-18-9-13(17)16-14-6-10-3-11(7-14)5-12(4-10)8-14/h10-12H,1-9,15H2,(H,16,17). The van der Waals surface area contributed by atoms with Crippen molar-refractivity contribution in [2.24, 2.45) is 23.5 Å². The minimum atomic E-state index is 0.0467. The first-order chi connectivity index (χ1) is 8.69. The van der Waals surface area contributed by atoms with Crippen molar-refractivity contribution in [3.05, 3.63) is 0 Å². The van der Waals surface area contributed by atoms with Crippen LogP contribution in [0.5, 0.6) is 0 Å². The highest BCUT2D eigenvalue weighted by Gasteiger charge is 2.51. The molecule has 0 unspecified atom stereocenters. The summed E-state index contributed by atoms with van der Waals surface area (Å²) in [6.45, 7) is 1.11. The van der Waals surface area contributed by atoms with Gasteiger partial charge in [-0.15, -0.1) is 0 Å². The fraction of sp³-hybridized carbons (Fsp3) is 0.929. The Labute approximate surface area is 109 Å². The van der Waals surface area contributed by atoms with Gasteiger partial charge in [0.2, 0.25) is 5.91 Å². The van der Waals surface area contributed by atoms with Crippen molar-refractivity contribution < 1.29 is 9.53 Å². The molecule has 4 bridgehead atoms. The van der Waals surface area contributed by atoms with Gasteiger partial charge < -0.3 is 15.8 Å². The molecule has 4 aliphatic rings. The smallest absolute Gasteiger partial charge is 0.246 e. The largest absolute Gasteiger partial charge is 0.370 e. The van der Waals surface area contributed by atoms with E-state index in [2.05, 4.69) is 5.32 Å². The van der Waals surface area contributed by atoms with Crippen LogP contribution in [0, 0.1) is 17.8 Å². The third kappa shape index (κ3) is 2.41. The molecule has 1 amide bonds. The normalized spacial score (nSPS) is 41.1. The number of ether oxygens (including phenoxy) is 1. The lowest BCUT2D eigenvalue weighted by Crippen LogP contribution is -2.60. The van der Waals surface area contributed by atoms with Crippen molar-refractivity contribution in [2.45, 2.75) is 44.1 Å². The van der Waals surface area contributed by atoms with Gasteiger partial charge >= 0.3 is 0 Å². The molecule has 0 aromatic heterocycles. The second kappa shape index (κ2) is 4.82. The van der Waals surface area contributed by atoms with Crippen molar-refractivity contribution in [1.29, 1.82) is 0 Å². The van der Waals surface area contributed by atoms with Crippen LogP contribution in [0.4, 0.5) is 0 Å². The zero-order valence-corrected chi connectivity index (χ0v) is 11.0. The highest BCUT2D eigenvalue weighted by atomic mass is 16.5. The van der Waals surface area contributed by atoms with Crippen molar-refractivity contribution in [2.75, 3.05) is 19.8 Å². The second-order valence-electron chi connectivity index (χ2n) is 6.59. The molecular weight excluding hydrogens is 228 g/mol. The highest BCUT2D eigenvalue weighted by Crippen LogP contribution is 2.55. The quantitative estimate of drug-likeness (QED) is 0.719. The minimum absolute atomic E-state index is 0.0467. The molecule has 4 aliphatic carbocycles. The van der Waals surface area contributed by atoms with E-state index in [1.807, 2.05) is 0 Å². The lowest BCUT2D eigenvalue weighted by atomic mass is 9.53. The Balaban J connectivity index is 1.57. The number of carbonyl (C=O) groups is 1. The Morgan fingerprint density at radius 2 is 1.72 bits per heavy atom. The van der Waals surface area contributed by atoms with Gasteiger partial charge in [0.15, 0.2) is 0 Å². The van der Waals surface area contributed by atoms with Crippen LogP contribution in [-0.4, -0.2) is 31.2 Å². The SMILES string of the molecule is NCCOCC(=O)NC12CC3CC(CC(C3)C1)C2. The maximum atomic E-state index is 11.9. The van der Waals surface area contributed by atoms with Gasteiger partial charge in [0.25, 0.3) is 0 Å². The zero-order valence-electron chi connectivity index (χ0n) is 11.0. The summed E-state index contributed by atoms with van der Waals surface area (Å²) in [4.78, 5) is 11.9. The summed E-state index contributed by atoms with van der Waals surface area (Å²) in [5, 5.41) is 3.28. The van der Waals surface area contributed by atoms with E-state index in [1.165, 1.54) is 38.5 Å². The molecule has 4 saturated carbocycles. The van der Waals surface area contributed by atoms with Crippen LogP contribution in [-0.2, 0) is 9.53 Å². The Hall–Kier alpha value is -0.610. The molecule has 4 rings (SSSR count). The van der Waals surface area contributed by atoms with Gasteiger partial charge in [0.1, 0.15) is 6.61 Å². The number of nitrogens with two attached hydrogens (primary N) is 1. The first kappa shape index (κ1) is 12.4. The summed E-state index contributed by atoms with van der Waals surface area (Å²) in [6.07, 6.45) is 7.79. The molecule has 0 radical (unpaired) electrons. The fourth-order valence-electron chi connectivity index (χ4n) is 4.84. The van der Waals surface area contributed by atoms with E-state index < -0.39 is 0 Å². The number of rotatable bonds is 5. The Morgan fingerprint density at radius 3 is 2.22 bits per heavy atom. The molecular formula is C14H24N2O2. The van der Waals surface area contributed by atoms with Gasteiger partial charge in [-0.1, -0.05) is 0 Å². The van der Waals surface area contributed by atoms with E-state index in [0.29, 0.717) is 13.2 Å². The van der Waals surface area contributed by atoms with Gasteiger partial charge in [-0.3, -0.25) is 4.79 Å². The van der Waals surface area contributed by atoms with E-state index in [-0.39, 0.29) is 18.1 Å². The molecule has 102 valence electrons. The van der Waals surface area contributed by atoms with Crippen LogP contribution in [0.2, 0.25) is 0 Å². The third-order valence-corrected chi connectivity index (χ3v) is 4.94. The van der Waals surface area contributed by atoms with E-state index in [4.69, 9.17) is 10.5 Å². The van der Waals surface area contributed by atoms with Gasteiger partial charge in [-0.05, 0) is 56.3 Å². The minimum Gasteiger partial charge on any atom is -0.370 e. The van der Waals surface area contributed by atoms with Crippen molar-refractivity contribution in [3.8, 4) is 0 Å². The molecule has 0 aliphatic heterocycles. The Bertz CT molecular complexity index is 294. The number of nitrogens with one attached hydrogen (secondary N) is 1. The molecule has 4 fully saturated rings. The number of hydrogen-bond acceptors (Lipinski definition) is 3. The van der Waals surface area contributed by atoms with Crippen LogP contribution in [0.15, 0.2) is 0 Å². The summed E-state index contributed by atoms with van der Waals surface area (Å²) >= 11 is 0. The first-order valence-electron chi connectivity index (χ1n) is 7.28. The van der Waals surface area contributed by atoms with E-state index in [1.54, 1.807) is 0 Å². The van der Waals surface area contributed by atoms with Crippen molar-refractivity contribution in [3.63, 3.8) is 0 Å². The van der Waals surface area contributed by atoms with Gasteiger partial charge in [0.05, 0.1) is 6.61 Å². The van der Waals surface area contributed by atoms with Crippen molar-refractivity contribution in [1.82, 2.24) is 5.32 Å². The van der Waals surface area contributed by atoms with Crippen molar-refractivity contribution >= 4 is 5.91 Å². The van der Waals surface area contributed by atoms with Gasteiger partial charge in [-0.2, -0.15) is 0 Å². The molecule has 0 aromatic carbocycles. The lowest BCUT2D eigenvalue weighted by molar-refractivity contribution is -0.131. The number of hydrogen-bond donors (Lipinski definition) is 2. The maximum absolute atomic E-state index is 11.9. The average Bonchev–Trinajstić information content (AvgIpc) is 2.26. The van der Waals surface area contributed by atoms with Crippen LogP contribution in [0.25, 0.3) is 0 Å². The highest BCUT2D eigenvalue weighted by molar-refractivity contribution is 5.78. The van der Waals surface area contributed by atoms with Crippen LogP contribution in [0.3, 0.4) is 0 Å². The average molecular weight is 252 g/mol. The van der Waals surface area contributed by atoms with Crippen LogP contribution in [0.1, 0.15) is 38.5 Å². The molecule has 0 saturated heterocycles. The lowest BCUT2D eigenvalue weighted by Gasteiger charge is -2.56. The summed E-state index contributed by atoms with van der Waals surface area (Å²) in [7, 11) is 0. The summed E-state index contributed by atoms with van der Waals surface area (Å²) in [5.41, 5.74) is 5.45. The molecule has 0 aromatic rings. The maximum Gasteiger partial charge on any atom is 0.246 e.